The minimum absolute atomic E-state index is 0.0653. The van der Waals surface area contributed by atoms with Crippen molar-refractivity contribution in [3.05, 3.63) is 35.9 Å². The minimum Gasteiger partial charge on any atom is -0.480 e. The molecule has 8 N–H and O–H groups in total. The molecule has 10 heteroatoms. The van der Waals surface area contributed by atoms with Gasteiger partial charge in [-0.3, -0.25) is 14.4 Å². The van der Waals surface area contributed by atoms with Gasteiger partial charge in [0.25, 0.3) is 0 Å². The predicted molar refractivity (Wildman–Crippen MR) is 139 cm³/mol. The first-order valence-electron chi connectivity index (χ1n) is 12.6. The average molecular weight is 506 g/mol. The topological polar surface area (TPSA) is 177 Å². The van der Waals surface area contributed by atoms with Crippen molar-refractivity contribution in [3.8, 4) is 0 Å². The van der Waals surface area contributed by atoms with Crippen molar-refractivity contribution in [2.24, 2.45) is 23.3 Å². The third kappa shape index (κ3) is 10.3. The molecule has 0 saturated heterocycles. The molecule has 0 aliphatic carbocycles. The molecule has 0 spiro atoms. The number of unbranched alkanes of at least 4 members (excludes halogenated alkanes) is 1. The molecular weight excluding hydrogens is 462 g/mol. The molecule has 1 aromatic rings. The Morgan fingerprint density at radius 1 is 0.889 bits per heavy atom. The molecule has 0 saturated carbocycles. The monoisotopic (exact) mass is 505 g/mol. The Labute approximate surface area is 213 Å². The molecule has 0 aromatic heterocycles. The molecule has 0 heterocycles. The zero-order valence-corrected chi connectivity index (χ0v) is 21.8. The number of nitrogens with one attached hydrogen (secondary N) is 3. The maximum Gasteiger partial charge on any atom is 0.326 e. The summed E-state index contributed by atoms with van der Waals surface area (Å²) in [5, 5.41) is 17.6. The number of rotatable bonds is 16. The van der Waals surface area contributed by atoms with Crippen molar-refractivity contribution in [2.45, 2.75) is 84.0 Å². The molecule has 1 aromatic carbocycles. The Morgan fingerprint density at radius 2 is 1.50 bits per heavy atom. The fourth-order valence-electron chi connectivity index (χ4n) is 3.64. The number of hydrogen-bond donors (Lipinski definition) is 6. The molecule has 3 amide bonds. The van der Waals surface area contributed by atoms with E-state index in [1.807, 2.05) is 19.9 Å². The van der Waals surface area contributed by atoms with Crippen LogP contribution in [0.2, 0.25) is 0 Å². The second-order valence-corrected chi connectivity index (χ2v) is 9.58. The average Bonchev–Trinajstić information content (AvgIpc) is 2.85. The lowest BCUT2D eigenvalue weighted by Gasteiger charge is -2.27. The maximum atomic E-state index is 13.2. The van der Waals surface area contributed by atoms with Crippen LogP contribution in [0.3, 0.4) is 0 Å². The van der Waals surface area contributed by atoms with Crippen LogP contribution in [-0.4, -0.2) is 59.5 Å². The summed E-state index contributed by atoms with van der Waals surface area (Å²) in [6.07, 6.45) is 2.42. The first kappa shape index (κ1) is 31.1. The molecule has 5 atom stereocenters. The number of benzene rings is 1. The lowest BCUT2D eigenvalue weighted by Crippen LogP contribution is -2.59. The fourth-order valence-corrected chi connectivity index (χ4v) is 3.64. The molecule has 1 rings (SSSR count). The highest BCUT2D eigenvalue weighted by molar-refractivity contribution is 5.94. The molecule has 5 unspecified atom stereocenters. The third-order valence-corrected chi connectivity index (χ3v) is 6.28. The van der Waals surface area contributed by atoms with Crippen LogP contribution < -0.4 is 27.4 Å². The van der Waals surface area contributed by atoms with Crippen molar-refractivity contribution >= 4 is 23.7 Å². The fraction of sp³-hybridized carbons (Fsp3) is 0.615. The van der Waals surface area contributed by atoms with Gasteiger partial charge in [0.15, 0.2) is 0 Å². The van der Waals surface area contributed by atoms with Crippen molar-refractivity contribution in [1.29, 1.82) is 0 Å². The van der Waals surface area contributed by atoms with Crippen molar-refractivity contribution in [3.63, 3.8) is 0 Å². The largest absolute Gasteiger partial charge is 0.480 e. The van der Waals surface area contributed by atoms with Gasteiger partial charge >= 0.3 is 5.97 Å². The Kier molecular flexibility index (Phi) is 13.7. The van der Waals surface area contributed by atoms with Crippen LogP contribution in [0.15, 0.2) is 30.3 Å². The summed E-state index contributed by atoms with van der Waals surface area (Å²) in [6.45, 7) is 7.73. The standard InChI is InChI=1S/C26H43N5O5/c1-5-17(4)21(28)24(33)29-19(13-9-10-14-27)23(32)31-22(16(2)3)25(34)30-20(26(35)36)15-18-11-7-6-8-12-18/h6-8,11-12,16-17,19-22H,5,9-10,13-15,27-28H2,1-4H3,(H,29,33)(H,30,34)(H,31,32)(H,35,36). The smallest absolute Gasteiger partial charge is 0.326 e. The number of aliphatic carboxylic acids is 1. The second kappa shape index (κ2) is 15.9. The van der Waals surface area contributed by atoms with Gasteiger partial charge in [-0.25, -0.2) is 4.79 Å². The van der Waals surface area contributed by atoms with Gasteiger partial charge in [-0.1, -0.05) is 64.4 Å². The highest BCUT2D eigenvalue weighted by Gasteiger charge is 2.32. The SMILES string of the molecule is CCC(C)C(N)C(=O)NC(CCCCN)C(=O)NC(C(=O)NC(Cc1ccccc1)C(=O)O)C(C)C. The van der Waals surface area contributed by atoms with E-state index in [2.05, 4.69) is 16.0 Å². The first-order chi connectivity index (χ1) is 17.0. The molecule has 0 fully saturated rings. The van der Waals surface area contributed by atoms with E-state index in [1.54, 1.807) is 38.1 Å². The highest BCUT2D eigenvalue weighted by atomic mass is 16.4. The molecule has 10 nitrogen and oxygen atoms in total. The van der Waals surface area contributed by atoms with Gasteiger partial charge in [0, 0.05) is 6.42 Å². The van der Waals surface area contributed by atoms with Crippen LogP contribution in [0.1, 0.15) is 58.9 Å². The zero-order chi connectivity index (χ0) is 27.3. The van der Waals surface area contributed by atoms with Crippen LogP contribution in [0, 0.1) is 11.8 Å². The van der Waals surface area contributed by atoms with Crippen LogP contribution in [0.5, 0.6) is 0 Å². The van der Waals surface area contributed by atoms with E-state index in [0.717, 1.165) is 5.56 Å². The Balaban J connectivity index is 2.97. The summed E-state index contributed by atoms with van der Waals surface area (Å²) in [4.78, 5) is 50.7. The molecule has 36 heavy (non-hydrogen) atoms. The van der Waals surface area contributed by atoms with Gasteiger partial charge in [-0.05, 0) is 43.2 Å². The van der Waals surface area contributed by atoms with Gasteiger partial charge < -0.3 is 32.5 Å². The van der Waals surface area contributed by atoms with E-state index in [0.29, 0.717) is 32.2 Å². The molecule has 0 aliphatic heterocycles. The molecule has 0 bridgehead atoms. The van der Waals surface area contributed by atoms with Gasteiger partial charge in [0.2, 0.25) is 17.7 Å². The summed E-state index contributed by atoms with van der Waals surface area (Å²) in [5.74, 6) is -3.14. The van der Waals surface area contributed by atoms with Crippen LogP contribution in [-0.2, 0) is 25.6 Å². The normalized spacial score (nSPS) is 15.3. The predicted octanol–water partition coefficient (Wildman–Crippen LogP) is 0.927. The minimum atomic E-state index is -1.17. The Bertz CT molecular complexity index is 848. The van der Waals surface area contributed by atoms with Crippen molar-refractivity contribution in [2.75, 3.05) is 6.54 Å². The van der Waals surface area contributed by atoms with E-state index in [-0.39, 0.29) is 18.3 Å². The maximum absolute atomic E-state index is 13.2. The number of nitrogens with two attached hydrogens (primary N) is 2. The van der Waals surface area contributed by atoms with Gasteiger partial charge in [-0.15, -0.1) is 0 Å². The van der Waals surface area contributed by atoms with E-state index >= 15 is 0 Å². The summed E-state index contributed by atoms with van der Waals surface area (Å²) in [6, 6.07) is 5.15. The summed E-state index contributed by atoms with van der Waals surface area (Å²) < 4.78 is 0. The van der Waals surface area contributed by atoms with Gasteiger partial charge in [0.05, 0.1) is 6.04 Å². The quantitative estimate of drug-likeness (QED) is 0.181. The van der Waals surface area contributed by atoms with E-state index in [1.165, 1.54) is 0 Å². The lowest BCUT2D eigenvalue weighted by atomic mass is 9.98. The number of hydrogen-bond acceptors (Lipinski definition) is 6. The van der Waals surface area contributed by atoms with Crippen LogP contribution in [0.4, 0.5) is 0 Å². The van der Waals surface area contributed by atoms with E-state index in [9.17, 15) is 24.3 Å². The van der Waals surface area contributed by atoms with Crippen LogP contribution in [0.25, 0.3) is 0 Å². The van der Waals surface area contributed by atoms with E-state index in [4.69, 9.17) is 11.5 Å². The second-order valence-electron chi connectivity index (χ2n) is 9.58. The number of amides is 3. The molecule has 0 radical (unpaired) electrons. The molecule has 202 valence electrons. The summed E-state index contributed by atoms with van der Waals surface area (Å²) >= 11 is 0. The number of carboxylic acids is 1. The highest BCUT2D eigenvalue weighted by Crippen LogP contribution is 2.10. The number of carboxylic acid groups (broad SMARTS) is 1. The number of carbonyl (C=O) groups is 4. The zero-order valence-electron chi connectivity index (χ0n) is 21.8. The molecule has 0 aliphatic rings. The molecular formula is C26H43N5O5. The summed E-state index contributed by atoms with van der Waals surface area (Å²) in [7, 11) is 0. The van der Waals surface area contributed by atoms with Gasteiger partial charge in [-0.2, -0.15) is 0 Å². The van der Waals surface area contributed by atoms with Crippen LogP contribution >= 0.6 is 0 Å². The van der Waals surface area contributed by atoms with E-state index < -0.39 is 47.9 Å². The third-order valence-electron chi connectivity index (χ3n) is 6.28. The summed E-state index contributed by atoms with van der Waals surface area (Å²) in [5.41, 5.74) is 12.4. The van der Waals surface area contributed by atoms with Gasteiger partial charge in [0.1, 0.15) is 18.1 Å². The van der Waals surface area contributed by atoms with Crippen molar-refractivity contribution in [1.82, 2.24) is 16.0 Å². The van der Waals surface area contributed by atoms with Crippen molar-refractivity contribution < 1.29 is 24.3 Å². The first-order valence-corrected chi connectivity index (χ1v) is 12.6. The Hall–Kier alpha value is -2.98. The lowest BCUT2D eigenvalue weighted by molar-refractivity contribution is -0.142. The Morgan fingerprint density at radius 3 is 2.03 bits per heavy atom. The number of carbonyl (C=O) groups excluding carboxylic acids is 3.